The summed E-state index contributed by atoms with van der Waals surface area (Å²) >= 11 is 0. The van der Waals surface area contributed by atoms with Gasteiger partial charge in [-0.25, -0.2) is 9.13 Å². The Balaban J connectivity index is 0.00000676. The molecule has 0 aliphatic heterocycles. The van der Waals surface area contributed by atoms with Gasteiger partial charge in [-0.3, -0.25) is 4.79 Å². The van der Waals surface area contributed by atoms with Gasteiger partial charge in [-0.15, -0.1) is 0 Å². The van der Waals surface area contributed by atoms with Crippen LogP contribution in [0, 0.1) is 0 Å². The zero-order valence-corrected chi connectivity index (χ0v) is 19.0. The predicted octanol–water partition coefficient (Wildman–Crippen LogP) is 2.74. The quantitative estimate of drug-likeness (QED) is 0.279. The monoisotopic (exact) mass is 444 g/mol. The first-order valence-corrected chi connectivity index (χ1v) is 11.0. The van der Waals surface area contributed by atoms with Crippen molar-refractivity contribution in [2.24, 2.45) is 0 Å². The Morgan fingerprint density at radius 2 is 1.33 bits per heavy atom. The number of imidazole rings is 1. The van der Waals surface area contributed by atoms with Crippen molar-refractivity contribution in [3.63, 3.8) is 0 Å². The fourth-order valence-corrected chi connectivity index (χ4v) is 3.42. The molecule has 158 valence electrons. The van der Waals surface area contributed by atoms with Crippen LogP contribution in [0.2, 0.25) is 0 Å². The molecular formula is C22H41BrN2O2. The number of aryl methyl sites for hydroxylation is 2. The van der Waals surface area contributed by atoms with Crippen LogP contribution >= 0.6 is 0 Å². The van der Waals surface area contributed by atoms with Gasteiger partial charge in [0.15, 0.2) is 0 Å². The van der Waals surface area contributed by atoms with E-state index in [0.717, 1.165) is 6.54 Å². The Kier molecular flexibility index (Phi) is 17.9. The second kappa shape index (κ2) is 18.5. The first kappa shape index (κ1) is 26.2. The summed E-state index contributed by atoms with van der Waals surface area (Å²) in [5.41, 5.74) is 0. The number of carboxylic acids is 1. The molecule has 0 aliphatic carbocycles. The van der Waals surface area contributed by atoms with Gasteiger partial charge in [0.25, 0.3) is 0 Å². The number of halogens is 1. The highest BCUT2D eigenvalue weighted by Gasteiger charge is 2.05. The van der Waals surface area contributed by atoms with Crippen LogP contribution < -0.4 is 21.5 Å². The lowest BCUT2D eigenvalue weighted by atomic mass is 10.0. The number of aromatic nitrogens is 2. The maximum absolute atomic E-state index is 10.6. The first-order chi connectivity index (χ1) is 12.7. The summed E-state index contributed by atoms with van der Waals surface area (Å²) in [5, 5.41) is 8.71. The summed E-state index contributed by atoms with van der Waals surface area (Å²) < 4.78 is 4.13. The van der Waals surface area contributed by atoms with Crippen molar-refractivity contribution in [3.05, 3.63) is 18.7 Å². The van der Waals surface area contributed by atoms with E-state index in [-0.39, 0.29) is 23.4 Å². The van der Waals surface area contributed by atoms with E-state index in [9.17, 15) is 4.79 Å². The smallest absolute Gasteiger partial charge is 0.307 e. The molecule has 1 rings (SSSR count). The third kappa shape index (κ3) is 15.9. The molecule has 0 atom stereocenters. The van der Waals surface area contributed by atoms with Gasteiger partial charge >= 0.3 is 5.97 Å². The average Bonchev–Trinajstić information content (AvgIpc) is 3.08. The molecule has 1 heterocycles. The molecule has 1 aromatic rings. The Morgan fingerprint density at radius 1 is 0.852 bits per heavy atom. The standard InChI is InChI=1S/C22H40N2O2.BrH/c1-2-3-4-5-6-7-8-9-10-11-12-13-14-15-17-23-19-20-24(21-23)18-16-22(25)26;/h19-21H,2-18H2,1H3;1H. The number of nitrogens with zero attached hydrogens (tertiary/aromatic N) is 2. The van der Waals surface area contributed by atoms with Gasteiger partial charge in [0.05, 0.1) is 13.0 Å². The molecule has 0 amide bonds. The van der Waals surface area contributed by atoms with Crippen LogP contribution in [0.4, 0.5) is 0 Å². The molecule has 27 heavy (non-hydrogen) atoms. The normalized spacial score (nSPS) is 10.7. The minimum atomic E-state index is -0.739. The second-order valence-corrected chi connectivity index (χ2v) is 7.63. The van der Waals surface area contributed by atoms with Crippen molar-refractivity contribution in [1.29, 1.82) is 0 Å². The van der Waals surface area contributed by atoms with Gasteiger partial charge in [0.2, 0.25) is 6.33 Å². The van der Waals surface area contributed by atoms with Crippen molar-refractivity contribution in [2.45, 2.75) is 116 Å². The van der Waals surface area contributed by atoms with Crippen molar-refractivity contribution in [3.8, 4) is 0 Å². The number of hydrogen-bond donors (Lipinski definition) is 1. The maximum Gasteiger partial charge on any atom is 0.307 e. The molecular weight excluding hydrogens is 404 g/mol. The Morgan fingerprint density at radius 3 is 1.81 bits per heavy atom. The molecule has 0 saturated carbocycles. The van der Waals surface area contributed by atoms with E-state index in [0.29, 0.717) is 6.54 Å². The summed E-state index contributed by atoms with van der Waals surface area (Å²) in [7, 11) is 0. The summed E-state index contributed by atoms with van der Waals surface area (Å²) in [5.74, 6) is -0.739. The van der Waals surface area contributed by atoms with Gasteiger partial charge in [0, 0.05) is 0 Å². The van der Waals surface area contributed by atoms with Crippen LogP contribution in [-0.4, -0.2) is 15.6 Å². The summed E-state index contributed by atoms with van der Waals surface area (Å²) in [6.45, 7) is 3.87. The number of unbranched alkanes of at least 4 members (excludes halogenated alkanes) is 13. The van der Waals surface area contributed by atoms with Crippen molar-refractivity contribution in [2.75, 3.05) is 0 Å². The number of aliphatic carboxylic acids is 1. The first-order valence-electron chi connectivity index (χ1n) is 11.0. The number of rotatable bonds is 18. The van der Waals surface area contributed by atoms with E-state index in [4.69, 9.17) is 5.11 Å². The van der Waals surface area contributed by atoms with Gasteiger partial charge in [-0.2, -0.15) is 0 Å². The van der Waals surface area contributed by atoms with Gasteiger partial charge < -0.3 is 22.1 Å². The molecule has 0 unspecified atom stereocenters. The summed E-state index contributed by atoms with van der Waals surface area (Å²) in [6, 6.07) is 0. The molecule has 5 heteroatoms. The fraction of sp³-hybridized carbons (Fsp3) is 0.818. The Bertz CT molecular complexity index is 463. The molecule has 1 N–H and O–H groups in total. The lowest BCUT2D eigenvalue weighted by Crippen LogP contribution is -3.00. The van der Waals surface area contributed by atoms with Crippen molar-refractivity contribution < 1.29 is 31.4 Å². The van der Waals surface area contributed by atoms with Crippen LogP contribution in [0.1, 0.15) is 103 Å². The van der Waals surface area contributed by atoms with E-state index in [1.807, 2.05) is 23.3 Å². The number of carboxylic acid groups (broad SMARTS) is 1. The zero-order valence-electron chi connectivity index (χ0n) is 17.4. The van der Waals surface area contributed by atoms with Gasteiger partial charge in [-0.1, -0.05) is 84.0 Å². The number of hydrogen-bond acceptors (Lipinski definition) is 1. The summed E-state index contributed by atoms with van der Waals surface area (Å²) in [4.78, 5) is 10.6. The molecule has 0 fully saturated rings. The van der Waals surface area contributed by atoms with Crippen molar-refractivity contribution >= 4 is 5.97 Å². The highest BCUT2D eigenvalue weighted by Crippen LogP contribution is 2.12. The van der Waals surface area contributed by atoms with Crippen LogP contribution in [0.25, 0.3) is 0 Å². The molecule has 0 aliphatic rings. The maximum atomic E-state index is 10.6. The van der Waals surface area contributed by atoms with E-state index < -0.39 is 5.97 Å². The van der Waals surface area contributed by atoms with E-state index in [2.05, 4.69) is 11.5 Å². The molecule has 4 nitrogen and oxygen atoms in total. The lowest BCUT2D eigenvalue weighted by Gasteiger charge is -2.03. The van der Waals surface area contributed by atoms with E-state index in [1.165, 1.54) is 89.9 Å². The highest BCUT2D eigenvalue weighted by molar-refractivity contribution is 5.66. The molecule has 0 bridgehead atoms. The molecule has 0 radical (unpaired) electrons. The van der Waals surface area contributed by atoms with E-state index >= 15 is 0 Å². The molecule has 1 aromatic heterocycles. The van der Waals surface area contributed by atoms with Gasteiger partial charge in [0.1, 0.15) is 18.9 Å². The fourth-order valence-electron chi connectivity index (χ4n) is 3.42. The van der Waals surface area contributed by atoms with E-state index in [1.54, 1.807) is 0 Å². The SMILES string of the molecule is CCCCCCCCCCCCCCCC[n+]1ccn(CCC(=O)O)c1.[Br-]. The third-order valence-corrected chi connectivity index (χ3v) is 5.10. The number of carbonyl (C=O) groups is 1. The van der Waals surface area contributed by atoms with Crippen molar-refractivity contribution in [1.82, 2.24) is 4.57 Å². The Labute approximate surface area is 177 Å². The minimum absolute atomic E-state index is 0. The average molecular weight is 445 g/mol. The molecule has 0 saturated heterocycles. The topological polar surface area (TPSA) is 46.1 Å². The highest BCUT2D eigenvalue weighted by atomic mass is 79.9. The lowest BCUT2D eigenvalue weighted by molar-refractivity contribution is -0.696. The van der Waals surface area contributed by atoms with Gasteiger partial charge in [-0.05, 0) is 12.8 Å². The van der Waals surface area contributed by atoms with Crippen LogP contribution in [0.3, 0.4) is 0 Å². The Hall–Kier alpha value is -0.840. The van der Waals surface area contributed by atoms with Crippen LogP contribution in [0.5, 0.6) is 0 Å². The predicted molar refractivity (Wildman–Crippen MR) is 107 cm³/mol. The minimum Gasteiger partial charge on any atom is -1.00 e. The molecule has 0 spiro atoms. The van der Waals surface area contributed by atoms with Crippen LogP contribution in [-0.2, 0) is 17.9 Å². The summed E-state index contributed by atoms with van der Waals surface area (Å²) in [6.07, 6.45) is 25.6. The molecule has 0 aromatic carbocycles. The second-order valence-electron chi connectivity index (χ2n) is 7.63. The van der Waals surface area contributed by atoms with Crippen LogP contribution in [0.15, 0.2) is 18.7 Å². The third-order valence-electron chi connectivity index (χ3n) is 5.10. The largest absolute Gasteiger partial charge is 1.00 e. The zero-order chi connectivity index (χ0) is 18.9.